The zero-order valence-corrected chi connectivity index (χ0v) is 42.4. The van der Waals surface area contributed by atoms with E-state index in [0.29, 0.717) is 6.42 Å². The first kappa shape index (κ1) is 62.5. The molecular weight excluding hydrogens is 969 g/mol. The van der Waals surface area contributed by atoms with Gasteiger partial charge in [0.15, 0.2) is 25.2 Å². The second-order valence-electron chi connectivity index (χ2n) is 19.3. The van der Waals surface area contributed by atoms with Crippen molar-refractivity contribution >= 4 is 23.6 Å². The predicted molar refractivity (Wildman–Crippen MR) is 254 cm³/mol. The molecule has 5 unspecified atom stereocenters. The lowest BCUT2D eigenvalue weighted by atomic mass is 9.93. The van der Waals surface area contributed by atoms with Crippen LogP contribution in [-0.2, 0) is 52.3 Å². The third-order valence-electron chi connectivity index (χ3n) is 13.4. The molecule has 4 aliphatic heterocycles. The number of allylic oxidation sites excluding steroid dienone is 2. The Labute approximate surface area is 426 Å². The molecule has 422 valence electrons. The highest BCUT2D eigenvalue weighted by Crippen LogP contribution is 2.34. The second kappa shape index (κ2) is 31.9. The Bertz CT molecular complexity index is 1690. The van der Waals surface area contributed by atoms with Crippen LogP contribution in [0.25, 0.3) is 0 Å². The van der Waals surface area contributed by atoms with Crippen LogP contribution >= 0.6 is 0 Å². The Kier molecular flexibility index (Phi) is 27.3. The summed E-state index contributed by atoms with van der Waals surface area (Å²) in [4.78, 5) is 50.3. The van der Waals surface area contributed by atoms with Crippen LogP contribution in [0, 0.1) is 0 Å². The SMILES string of the molecule is CCCCCCCC/C=C\CCCCCCCC(=O)N[C@@H]1C(O)[C@H](O)[C@@H](CO)O[C@H]1O[C@H]1C(O)[C@@H](NC(C)=O)[C@H](O[C@H]2C(O)[C@@H](NC(C)=O)[C@H](O[C@H]3C(O)[C@H](NC(C)=O)C(O)O[C@H]3CO)O[C@@H]2CO)O[C@H]1CO. The lowest BCUT2D eigenvalue weighted by molar-refractivity contribution is -0.362. The fourth-order valence-corrected chi connectivity index (χ4v) is 9.55. The van der Waals surface area contributed by atoms with Crippen LogP contribution in [0.4, 0.5) is 0 Å². The Morgan fingerprint density at radius 3 is 1.22 bits per heavy atom. The lowest BCUT2D eigenvalue weighted by Crippen LogP contribution is -2.71. The van der Waals surface area contributed by atoms with Crippen LogP contribution in [0.3, 0.4) is 0 Å². The number of ether oxygens (including phenoxy) is 7. The molecule has 4 amide bonds. The van der Waals surface area contributed by atoms with Crippen molar-refractivity contribution < 1.29 is 103 Å². The number of hydrogen-bond donors (Lipinski definition) is 14. The molecule has 14 N–H and O–H groups in total. The number of rotatable bonds is 29. The normalized spacial score (nSPS) is 36.9. The van der Waals surface area contributed by atoms with Crippen molar-refractivity contribution in [1.29, 1.82) is 0 Å². The zero-order valence-electron chi connectivity index (χ0n) is 42.4. The summed E-state index contributed by atoms with van der Waals surface area (Å²) in [5, 5.41) is 119. The van der Waals surface area contributed by atoms with Crippen molar-refractivity contribution in [2.24, 2.45) is 0 Å². The van der Waals surface area contributed by atoms with Crippen molar-refractivity contribution in [3.05, 3.63) is 12.2 Å². The molecule has 0 bridgehead atoms. The van der Waals surface area contributed by atoms with Crippen LogP contribution in [-0.4, -0.2) is 224 Å². The minimum absolute atomic E-state index is 0.0518. The highest BCUT2D eigenvalue weighted by molar-refractivity contribution is 5.76. The standard InChI is InChI=1S/C48H84N4O21/c1-5-6-7-8-9-10-11-12-13-14-15-16-17-18-19-20-32(60)52-34-38(62)37(61)28(21-53)68-46(34)72-43-30(23-55)70-48(36(40(43)64)51-27(4)59)73-44-31(24-56)69-47(35(41(44)65)50-26(3)58)71-42-29(22-54)67-45(66)33(39(42)63)49-25(2)57/h12-13,28-31,33-48,53-56,61-66H,5-11,14-24H2,1-4H3,(H,49,57)(H,50,58)(H,51,59)(H,52,60)/b13-12-/t28-,29+,30+,31-,33+,34-,35-,36-,37-,38?,39?,40?,41?,42-,43-,44-,45?,46+,47+,48+/m1/s1. The van der Waals surface area contributed by atoms with Crippen LogP contribution in [0.5, 0.6) is 0 Å². The maximum Gasteiger partial charge on any atom is 0.220 e. The Hall–Kier alpha value is -3.06. The van der Waals surface area contributed by atoms with Crippen molar-refractivity contribution in [2.75, 3.05) is 26.4 Å². The summed E-state index contributed by atoms with van der Waals surface area (Å²) in [7, 11) is 0. The molecule has 4 heterocycles. The lowest BCUT2D eigenvalue weighted by Gasteiger charge is -2.51. The van der Waals surface area contributed by atoms with Crippen molar-refractivity contribution in [1.82, 2.24) is 21.3 Å². The van der Waals surface area contributed by atoms with E-state index in [1.165, 1.54) is 38.5 Å². The molecule has 4 aliphatic rings. The van der Waals surface area contributed by atoms with Gasteiger partial charge in [0.05, 0.1) is 26.4 Å². The van der Waals surface area contributed by atoms with Gasteiger partial charge in [-0.15, -0.1) is 0 Å². The molecular formula is C48H84N4O21. The third-order valence-corrected chi connectivity index (χ3v) is 13.4. The van der Waals surface area contributed by atoms with Gasteiger partial charge in [0.1, 0.15) is 97.4 Å². The Balaban J connectivity index is 1.44. The van der Waals surface area contributed by atoms with E-state index in [9.17, 15) is 70.2 Å². The van der Waals surface area contributed by atoms with Crippen molar-refractivity contribution in [3.8, 4) is 0 Å². The van der Waals surface area contributed by atoms with E-state index in [2.05, 4.69) is 40.3 Å². The minimum Gasteiger partial charge on any atom is -0.394 e. The second-order valence-corrected chi connectivity index (χ2v) is 19.3. The summed E-state index contributed by atoms with van der Waals surface area (Å²) in [5.74, 6) is -2.66. The van der Waals surface area contributed by atoms with Gasteiger partial charge in [0.25, 0.3) is 0 Å². The number of amides is 4. The van der Waals surface area contributed by atoms with Crippen molar-refractivity contribution in [2.45, 2.75) is 240 Å². The predicted octanol–water partition coefficient (Wildman–Crippen LogP) is -3.16. The molecule has 0 radical (unpaired) electrons. The average Bonchev–Trinajstić information content (AvgIpc) is 3.35. The van der Waals surface area contributed by atoms with Gasteiger partial charge in [-0.25, -0.2) is 0 Å². The van der Waals surface area contributed by atoms with Gasteiger partial charge in [-0.1, -0.05) is 70.4 Å². The number of aliphatic hydroxyl groups excluding tert-OH is 10. The van der Waals surface area contributed by atoms with Gasteiger partial charge in [0.2, 0.25) is 23.6 Å². The number of aliphatic hydroxyl groups is 10. The summed E-state index contributed by atoms with van der Waals surface area (Å²) in [5.41, 5.74) is 0. The van der Waals surface area contributed by atoms with Crippen LogP contribution in [0.15, 0.2) is 12.2 Å². The molecule has 0 aliphatic carbocycles. The van der Waals surface area contributed by atoms with Crippen LogP contribution in [0.1, 0.15) is 118 Å². The minimum atomic E-state index is -1.90. The van der Waals surface area contributed by atoms with E-state index >= 15 is 0 Å². The molecule has 25 heteroatoms. The van der Waals surface area contributed by atoms with Gasteiger partial charge < -0.3 is 105 Å². The first-order valence-electron chi connectivity index (χ1n) is 25.8. The van der Waals surface area contributed by atoms with Gasteiger partial charge in [0, 0.05) is 27.2 Å². The first-order valence-corrected chi connectivity index (χ1v) is 25.8. The maximum atomic E-state index is 13.3. The van der Waals surface area contributed by atoms with Crippen molar-refractivity contribution in [3.63, 3.8) is 0 Å². The number of hydrogen-bond acceptors (Lipinski definition) is 21. The number of carbonyl (C=O) groups excluding carboxylic acids is 4. The maximum absolute atomic E-state index is 13.3. The molecule has 0 aromatic rings. The van der Waals surface area contributed by atoms with E-state index in [1.54, 1.807) is 0 Å². The number of carbonyl (C=O) groups is 4. The summed E-state index contributed by atoms with van der Waals surface area (Å²) in [6.45, 7) is 2.04. The number of unbranched alkanes of at least 4 members (excludes halogenated alkanes) is 11. The molecule has 4 saturated heterocycles. The average molecular weight is 1050 g/mol. The van der Waals surface area contributed by atoms with Gasteiger partial charge in [-0.2, -0.15) is 0 Å². The number of nitrogens with one attached hydrogen (secondary N) is 4. The summed E-state index contributed by atoms with van der Waals surface area (Å²) >= 11 is 0. The zero-order chi connectivity index (χ0) is 53.8. The van der Waals surface area contributed by atoms with E-state index in [-0.39, 0.29) is 6.42 Å². The summed E-state index contributed by atoms with van der Waals surface area (Å²) in [6, 6.07) is -6.17. The largest absolute Gasteiger partial charge is 0.394 e. The molecule has 4 rings (SSSR count). The molecule has 20 atom stereocenters. The molecule has 0 spiro atoms. The molecule has 0 aromatic heterocycles. The topological polar surface area (TPSA) is 383 Å². The molecule has 25 nitrogen and oxygen atoms in total. The fourth-order valence-electron chi connectivity index (χ4n) is 9.55. The van der Waals surface area contributed by atoms with Gasteiger partial charge in [-0.05, 0) is 32.1 Å². The quantitative estimate of drug-likeness (QED) is 0.0260. The smallest absolute Gasteiger partial charge is 0.220 e. The molecule has 4 fully saturated rings. The molecule has 0 saturated carbocycles. The van der Waals surface area contributed by atoms with E-state index in [0.717, 1.165) is 59.3 Å². The molecule has 73 heavy (non-hydrogen) atoms. The highest BCUT2D eigenvalue weighted by atomic mass is 16.8. The summed E-state index contributed by atoms with van der Waals surface area (Å²) < 4.78 is 41.4. The summed E-state index contributed by atoms with van der Waals surface area (Å²) in [6.07, 6.45) is -8.64. The van der Waals surface area contributed by atoms with Gasteiger partial charge in [-0.3, -0.25) is 19.2 Å². The first-order chi connectivity index (χ1) is 34.9. The van der Waals surface area contributed by atoms with Crippen LogP contribution in [0.2, 0.25) is 0 Å². The van der Waals surface area contributed by atoms with E-state index in [1.807, 2.05) is 0 Å². The van der Waals surface area contributed by atoms with Crippen LogP contribution < -0.4 is 21.3 Å². The monoisotopic (exact) mass is 1050 g/mol. The van der Waals surface area contributed by atoms with E-state index < -0.39 is 173 Å². The molecule has 0 aromatic carbocycles. The Morgan fingerprint density at radius 1 is 0.438 bits per heavy atom. The van der Waals surface area contributed by atoms with Gasteiger partial charge >= 0.3 is 0 Å². The third kappa shape index (κ3) is 18.3. The Morgan fingerprint density at radius 2 is 0.795 bits per heavy atom. The van der Waals surface area contributed by atoms with E-state index in [4.69, 9.17) is 33.2 Å². The fraction of sp³-hybridized carbons (Fsp3) is 0.875. The highest BCUT2D eigenvalue weighted by Gasteiger charge is 2.56.